The second-order valence-electron chi connectivity index (χ2n) is 9.97. The van der Waals surface area contributed by atoms with E-state index in [-0.39, 0.29) is 11.6 Å². The first-order chi connectivity index (χ1) is 14.9. The number of tetrazole rings is 1. The first-order valence-corrected chi connectivity index (χ1v) is 11.6. The van der Waals surface area contributed by atoms with Gasteiger partial charge in [0, 0.05) is 5.56 Å². The van der Waals surface area contributed by atoms with Gasteiger partial charge in [0.05, 0.1) is 25.8 Å². The van der Waals surface area contributed by atoms with Crippen molar-refractivity contribution >= 4 is 0 Å². The zero-order valence-corrected chi connectivity index (χ0v) is 19.6. The number of nitrogens with zero attached hydrogens (tertiary/aromatic N) is 4. The molecule has 1 saturated heterocycles. The van der Waals surface area contributed by atoms with Crippen molar-refractivity contribution in [2.24, 2.45) is 0 Å². The molecule has 8 nitrogen and oxygen atoms in total. The minimum absolute atomic E-state index is 0.0548. The molecule has 2 aliphatic rings. The maximum Gasteiger partial charge on any atom is 0.214 e. The van der Waals surface area contributed by atoms with Crippen LogP contribution in [0.5, 0.6) is 11.5 Å². The lowest BCUT2D eigenvalue weighted by atomic mass is 10.0. The number of quaternary nitrogens is 2. The fourth-order valence-corrected chi connectivity index (χ4v) is 5.37. The lowest BCUT2D eigenvalue weighted by molar-refractivity contribution is -1.03. The molecule has 2 N–H and O–H groups in total. The number of rotatable bonds is 6. The van der Waals surface area contributed by atoms with Crippen LogP contribution in [0.4, 0.5) is 0 Å². The van der Waals surface area contributed by atoms with Crippen LogP contribution in [0.15, 0.2) is 18.2 Å². The Hall–Kier alpha value is -2.19. The van der Waals surface area contributed by atoms with Crippen LogP contribution in [0.25, 0.3) is 0 Å². The summed E-state index contributed by atoms with van der Waals surface area (Å²) in [6, 6.07) is 7.14. The first-order valence-electron chi connectivity index (χ1n) is 11.6. The number of ether oxygens (including phenoxy) is 2. The SMILES string of the molecule is COc1ccc([C@H](c2nnnn2C(C)(C)C)[NH+]2CC[NH+](C3CCCC3)CC2)cc1OC. The van der Waals surface area contributed by atoms with E-state index in [4.69, 9.17) is 9.47 Å². The quantitative estimate of drug-likeness (QED) is 0.688. The minimum atomic E-state index is -0.190. The van der Waals surface area contributed by atoms with E-state index >= 15 is 0 Å². The standard InChI is InChI=1S/C23H36N6O2/c1-23(2,3)29-22(24-25-26-29)21(17-10-11-19(30-4)20(16-17)31-5)28-14-12-27(13-15-28)18-8-6-7-9-18/h10-11,16,18,21H,6-9,12-15H2,1-5H3/p+2/t21-/m1/s1. The van der Waals surface area contributed by atoms with Gasteiger partial charge in [-0.25, -0.2) is 4.68 Å². The van der Waals surface area contributed by atoms with Gasteiger partial charge in [0.25, 0.3) is 0 Å². The lowest BCUT2D eigenvalue weighted by Crippen LogP contribution is -3.29. The smallest absolute Gasteiger partial charge is 0.214 e. The van der Waals surface area contributed by atoms with Gasteiger partial charge in [-0.2, -0.15) is 0 Å². The highest BCUT2D eigenvalue weighted by molar-refractivity contribution is 5.44. The molecular weight excluding hydrogens is 392 g/mol. The number of aromatic nitrogens is 4. The molecule has 1 atom stereocenters. The van der Waals surface area contributed by atoms with Crippen molar-refractivity contribution < 1.29 is 19.3 Å². The predicted molar refractivity (Wildman–Crippen MR) is 118 cm³/mol. The Labute approximate surface area is 185 Å². The van der Waals surface area contributed by atoms with Crippen LogP contribution in [0.2, 0.25) is 0 Å². The van der Waals surface area contributed by atoms with Gasteiger partial charge in [-0.1, -0.05) is 0 Å². The van der Waals surface area contributed by atoms with Gasteiger partial charge in [0.2, 0.25) is 5.82 Å². The Bertz CT molecular complexity index is 863. The van der Waals surface area contributed by atoms with Crippen molar-refractivity contribution in [2.75, 3.05) is 40.4 Å². The van der Waals surface area contributed by atoms with Gasteiger partial charge in [-0.05, 0) is 75.1 Å². The topological polar surface area (TPSA) is 70.9 Å². The van der Waals surface area contributed by atoms with Crippen LogP contribution >= 0.6 is 0 Å². The minimum Gasteiger partial charge on any atom is -0.493 e. The van der Waals surface area contributed by atoms with E-state index in [9.17, 15) is 0 Å². The summed E-state index contributed by atoms with van der Waals surface area (Å²) in [6.07, 6.45) is 5.59. The number of hydrogen-bond donors (Lipinski definition) is 2. The zero-order chi connectivity index (χ0) is 22.0. The van der Waals surface area contributed by atoms with Gasteiger partial charge in [0.15, 0.2) is 17.5 Å². The summed E-state index contributed by atoms with van der Waals surface area (Å²) in [6.45, 7) is 11.1. The maximum atomic E-state index is 5.62. The second-order valence-corrected chi connectivity index (χ2v) is 9.97. The fourth-order valence-electron chi connectivity index (χ4n) is 5.37. The molecule has 0 unspecified atom stereocenters. The summed E-state index contributed by atoms with van der Waals surface area (Å²) < 4.78 is 13.1. The molecular formula is C23H38N6O2+2. The number of nitrogens with one attached hydrogen (secondary N) is 2. The van der Waals surface area contributed by atoms with Crippen molar-refractivity contribution in [3.63, 3.8) is 0 Å². The van der Waals surface area contributed by atoms with Gasteiger partial charge in [-0.15, -0.1) is 5.10 Å². The molecule has 0 spiro atoms. The highest BCUT2D eigenvalue weighted by Gasteiger charge is 2.39. The third kappa shape index (κ3) is 4.55. The van der Waals surface area contributed by atoms with E-state index in [0.29, 0.717) is 0 Å². The summed E-state index contributed by atoms with van der Waals surface area (Å²) in [4.78, 5) is 3.32. The van der Waals surface area contributed by atoms with Crippen LogP contribution in [0.3, 0.4) is 0 Å². The molecule has 0 radical (unpaired) electrons. The van der Waals surface area contributed by atoms with Crippen molar-refractivity contribution in [3.8, 4) is 11.5 Å². The molecule has 1 aromatic heterocycles. The van der Waals surface area contributed by atoms with Crippen molar-refractivity contribution in [3.05, 3.63) is 29.6 Å². The summed E-state index contributed by atoms with van der Waals surface area (Å²) in [5, 5.41) is 13.0. The van der Waals surface area contributed by atoms with E-state index in [2.05, 4.69) is 48.4 Å². The average Bonchev–Trinajstić information content (AvgIpc) is 3.46. The van der Waals surface area contributed by atoms with Crippen LogP contribution in [0, 0.1) is 0 Å². The Morgan fingerprint density at radius 2 is 1.68 bits per heavy atom. The predicted octanol–water partition coefficient (Wildman–Crippen LogP) is 0.261. The molecule has 1 aromatic carbocycles. The molecule has 8 heteroatoms. The molecule has 2 fully saturated rings. The van der Waals surface area contributed by atoms with E-state index in [0.717, 1.165) is 42.0 Å². The van der Waals surface area contributed by atoms with Crippen molar-refractivity contribution in [2.45, 2.75) is 64.1 Å². The maximum absolute atomic E-state index is 5.62. The lowest BCUT2D eigenvalue weighted by Gasteiger charge is -2.37. The molecule has 1 saturated carbocycles. The Kier molecular flexibility index (Phi) is 6.48. The molecule has 170 valence electrons. The highest BCUT2D eigenvalue weighted by atomic mass is 16.5. The van der Waals surface area contributed by atoms with E-state index < -0.39 is 0 Å². The third-order valence-corrected chi connectivity index (χ3v) is 7.00. The van der Waals surface area contributed by atoms with Crippen molar-refractivity contribution in [1.82, 2.24) is 20.2 Å². The summed E-state index contributed by atoms with van der Waals surface area (Å²) in [5.74, 6) is 2.40. The van der Waals surface area contributed by atoms with Gasteiger partial charge in [-0.3, -0.25) is 0 Å². The normalized spacial score (nSPS) is 23.6. The van der Waals surface area contributed by atoms with Gasteiger partial charge in [0.1, 0.15) is 26.2 Å². The molecule has 0 bridgehead atoms. The number of hydrogen-bond acceptors (Lipinski definition) is 5. The summed E-state index contributed by atoms with van der Waals surface area (Å²) in [7, 11) is 3.36. The van der Waals surface area contributed by atoms with Gasteiger partial charge < -0.3 is 19.3 Å². The average molecular weight is 431 g/mol. The molecule has 31 heavy (non-hydrogen) atoms. The number of methoxy groups -OCH3 is 2. The summed E-state index contributed by atoms with van der Waals surface area (Å²) in [5.41, 5.74) is 0.974. The Balaban J connectivity index is 1.67. The van der Waals surface area contributed by atoms with E-state index in [1.54, 1.807) is 19.1 Å². The molecule has 0 amide bonds. The highest BCUT2D eigenvalue weighted by Crippen LogP contribution is 2.31. The van der Waals surface area contributed by atoms with Crippen LogP contribution < -0.4 is 19.3 Å². The van der Waals surface area contributed by atoms with Gasteiger partial charge >= 0.3 is 0 Å². The Morgan fingerprint density at radius 3 is 2.29 bits per heavy atom. The second kappa shape index (κ2) is 9.12. The molecule has 1 aliphatic heterocycles. The zero-order valence-electron chi connectivity index (χ0n) is 19.6. The first kappa shape index (κ1) is 22.0. The largest absolute Gasteiger partial charge is 0.493 e. The number of piperazine rings is 1. The molecule has 4 rings (SSSR count). The monoisotopic (exact) mass is 430 g/mol. The molecule has 2 aromatic rings. The van der Waals surface area contributed by atoms with Crippen molar-refractivity contribution in [1.29, 1.82) is 0 Å². The van der Waals surface area contributed by atoms with Crippen LogP contribution in [0.1, 0.15) is 63.9 Å². The third-order valence-electron chi connectivity index (χ3n) is 7.00. The fraction of sp³-hybridized carbons (Fsp3) is 0.696. The Morgan fingerprint density at radius 1 is 1.00 bits per heavy atom. The van der Waals surface area contributed by atoms with E-state index in [1.165, 1.54) is 43.7 Å². The van der Waals surface area contributed by atoms with Crippen LogP contribution in [-0.4, -0.2) is 66.6 Å². The van der Waals surface area contributed by atoms with Crippen LogP contribution in [-0.2, 0) is 5.54 Å². The molecule has 1 aliphatic carbocycles. The number of benzene rings is 1. The molecule has 2 heterocycles. The summed E-state index contributed by atoms with van der Waals surface area (Å²) >= 11 is 0. The van der Waals surface area contributed by atoms with E-state index in [1.807, 2.05) is 10.7 Å².